The minimum atomic E-state index is 0.149. The van der Waals surface area contributed by atoms with Crippen molar-refractivity contribution in [2.24, 2.45) is 0 Å². The molecule has 21 heavy (non-hydrogen) atoms. The number of aromatic nitrogens is 1. The van der Waals surface area contributed by atoms with Crippen molar-refractivity contribution >= 4 is 11.3 Å². The monoisotopic (exact) mass is 309 g/mol. The molecule has 0 amide bonds. The van der Waals surface area contributed by atoms with E-state index in [1.807, 2.05) is 11.3 Å². The summed E-state index contributed by atoms with van der Waals surface area (Å²) < 4.78 is 0. The summed E-state index contributed by atoms with van der Waals surface area (Å²) in [6.07, 6.45) is 2.73. The molecule has 1 saturated heterocycles. The Kier molecular flexibility index (Phi) is 5.44. The maximum atomic E-state index is 4.78. The van der Waals surface area contributed by atoms with Gasteiger partial charge in [-0.3, -0.25) is 4.90 Å². The number of nitrogens with zero attached hydrogens (tertiary/aromatic N) is 2. The Bertz CT molecular complexity index is 455. The molecule has 0 spiro atoms. The van der Waals surface area contributed by atoms with Crippen LogP contribution in [0.4, 0.5) is 0 Å². The number of hydrogen-bond acceptors (Lipinski definition) is 4. The summed E-state index contributed by atoms with van der Waals surface area (Å²) in [5, 5.41) is 4.96. The Morgan fingerprint density at radius 1 is 1.24 bits per heavy atom. The van der Waals surface area contributed by atoms with E-state index >= 15 is 0 Å². The third kappa shape index (κ3) is 4.27. The van der Waals surface area contributed by atoms with Gasteiger partial charge in [-0.25, -0.2) is 4.98 Å². The smallest absolute Gasteiger partial charge is 0.0985 e. The number of thiazole rings is 1. The Hall–Kier alpha value is -0.450. The molecule has 0 radical (unpaired) electrons. The molecule has 1 aromatic heterocycles. The molecule has 1 N–H and O–H groups in total. The van der Waals surface area contributed by atoms with Crippen LogP contribution in [-0.2, 0) is 5.41 Å². The van der Waals surface area contributed by atoms with Crippen LogP contribution in [0.3, 0.4) is 0 Å². The predicted molar refractivity (Wildman–Crippen MR) is 92.2 cm³/mol. The molecule has 2 rings (SSSR count). The summed E-state index contributed by atoms with van der Waals surface area (Å²) in [7, 11) is 0. The molecular weight excluding hydrogens is 278 g/mol. The van der Waals surface area contributed by atoms with Crippen LogP contribution >= 0.6 is 11.3 Å². The highest BCUT2D eigenvalue weighted by Gasteiger charge is 2.23. The maximum absolute atomic E-state index is 4.78. The molecule has 0 saturated carbocycles. The molecule has 2 unspecified atom stereocenters. The molecule has 1 aliphatic heterocycles. The van der Waals surface area contributed by atoms with Gasteiger partial charge in [-0.05, 0) is 46.7 Å². The molecule has 0 aromatic carbocycles. The quantitative estimate of drug-likeness (QED) is 0.894. The molecule has 120 valence electrons. The van der Waals surface area contributed by atoms with Crippen LogP contribution in [0.15, 0.2) is 0 Å². The first-order chi connectivity index (χ1) is 9.79. The molecule has 1 aliphatic rings. The van der Waals surface area contributed by atoms with Crippen LogP contribution in [0.2, 0.25) is 0 Å². The minimum Gasteiger partial charge on any atom is -0.308 e. The molecule has 3 nitrogen and oxygen atoms in total. The highest BCUT2D eigenvalue weighted by atomic mass is 32.1. The van der Waals surface area contributed by atoms with Crippen LogP contribution in [0.25, 0.3) is 0 Å². The number of hydrogen-bond donors (Lipinski definition) is 1. The third-order valence-electron chi connectivity index (χ3n) is 4.35. The van der Waals surface area contributed by atoms with E-state index in [1.54, 1.807) is 0 Å². The largest absolute Gasteiger partial charge is 0.308 e. The maximum Gasteiger partial charge on any atom is 0.0985 e. The van der Waals surface area contributed by atoms with E-state index in [-0.39, 0.29) is 5.41 Å². The van der Waals surface area contributed by atoms with Gasteiger partial charge in [0.1, 0.15) is 0 Å². The minimum absolute atomic E-state index is 0.149. The lowest BCUT2D eigenvalue weighted by Crippen LogP contribution is -2.39. The van der Waals surface area contributed by atoms with Crippen molar-refractivity contribution in [2.75, 3.05) is 19.6 Å². The van der Waals surface area contributed by atoms with Crippen LogP contribution < -0.4 is 5.32 Å². The zero-order valence-corrected chi connectivity index (χ0v) is 15.3. The van der Waals surface area contributed by atoms with Gasteiger partial charge >= 0.3 is 0 Å². The van der Waals surface area contributed by atoms with E-state index in [9.17, 15) is 0 Å². The summed E-state index contributed by atoms with van der Waals surface area (Å²) in [6, 6.07) is 1.02. The van der Waals surface area contributed by atoms with E-state index in [2.05, 4.69) is 51.8 Å². The summed E-state index contributed by atoms with van der Waals surface area (Å²) in [5.74, 6) is 0. The molecule has 0 bridgehead atoms. The highest BCUT2D eigenvalue weighted by molar-refractivity contribution is 7.12. The third-order valence-corrected chi connectivity index (χ3v) is 6.12. The second-order valence-corrected chi connectivity index (χ2v) is 8.47. The van der Waals surface area contributed by atoms with Gasteiger partial charge in [0.05, 0.1) is 10.7 Å². The lowest BCUT2D eigenvalue weighted by Gasteiger charge is -2.25. The lowest BCUT2D eigenvalue weighted by molar-refractivity contribution is 0.247. The first kappa shape index (κ1) is 16.9. The first-order valence-electron chi connectivity index (χ1n) is 8.24. The Labute approximate surface area is 134 Å². The van der Waals surface area contributed by atoms with Crippen molar-refractivity contribution in [3.8, 4) is 0 Å². The van der Waals surface area contributed by atoms with Gasteiger partial charge in [-0.1, -0.05) is 20.8 Å². The van der Waals surface area contributed by atoms with Gasteiger partial charge in [0, 0.05) is 28.9 Å². The molecule has 0 aliphatic carbocycles. The molecular formula is C17H31N3S. The van der Waals surface area contributed by atoms with Crippen molar-refractivity contribution in [1.82, 2.24) is 15.2 Å². The Morgan fingerprint density at radius 2 is 1.86 bits per heavy atom. The van der Waals surface area contributed by atoms with E-state index < -0.39 is 0 Å². The number of aryl methyl sites for hydroxylation is 1. The Balaban J connectivity index is 1.93. The fourth-order valence-electron chi connectivity index (χ4n) is 2.88. The number of likely N-dealkylation sites (tertiary alicyclic amines) is 1. The van der Waals surface area contributed by atoms with Crippen molar-refractivity contribution < 1.29 is 0 Å². The van der Waals surface area contributed by atoms with Crippen LogP contribution in [0, 0.1) is 6.92 Å². The van der Waals surface area contributed by atoms with Crippen molar-refractivity contribution in [1.29, 1.82) is 0 Å². The van der Waals surface area contributed by atoms with E-state index in [0.717, 1.165) is 6.54 Å². The molecule has 1 aromatic rings. The SMILES string of the molecule is Cc1nc(C(C)(C)C)sc1C(C)NCC(C)N1CCCC1. The zero-order valence-electron chi connectivity index (χ0n) is 14.5. The van der Waals surface area contributed by atoms with E-state index in [1.165, 1.54) is 41.5 Å². The number of rotatable bonds is 5. The second kappa shape index (κ2) is 6.76. The lowest BCUT2D eigenvalue weighted by atomic mass is 9.98. The normalized spacial score (nSPS) is 19.9. The van der Waals surface area contributed by atoms with E-state index in [4.69, 9.17) is 4.98 Å². The van der Waals surface area contributed by atoms with E-state index in [0.29, 0.717) is 12.1 Å². The van der Waals surface area contributed by atoms with Crippen molar-refractivity contribution in [3.63, 3.8) is 0 Å². The fraction of sp³-hybridized carbons (Fsp3) is 0.824. The first-order valence-corrected chi connectivity index (χ1v) is 9.06. The topological polar surface area (TPSA) is 28.2 Å². The number of nitrogens with one attached hydrogen (secondary N) is 1. The van der Waals surface area contributed by atoms with Crippen LogP contribution in [0.1, 0.15) is 69.1 Å². The summed E-state index contributed by atoms with van der Waals surface area (Å²) in [5.41, 5.74) is 1.34. The Morgan fingerprint density at radius 3 is 2.38 bits per heavy atom. The highest BCUT2D eigenvalue weighted by Crippen LogP contribution is 2.32. The zero-order chi connectivity index (χ0) is 15.6. The summed E-state index contributed by atoms with van der Waals surface area (Å²) in [4.78, 5) is 8.77. The van der Waals surface area contributed by atoms with Gasteiger partial charge in [0.15, 0.2) is 0 Å². The average molecular weight is 310 g/mol. The molecule has 1 fully saturated rings. The van der Waals surface area contributed by atoms with Gasteiger partial charge in [-0.15, -0.1) is 11.3 Å². The second-order valence-electron chi connectivity index (χ2n) is 7.44. The van der Waals surface area contributed by atoms with Crippen LogP contribution in [0.5, 0.6) is 0 Å². The van der Waals surface area contributed by atoms with Gasteiger partial charge < -0.3 is 5.32 Å². The predicted octanol–water partition coefficient (Wildman–Crippen LogP) is 3.88. The molecule has 2 heterocycles. The van der Waals surface area contributed by atoms with Crippen molar-refractivity contribution in [2.45, 2.75) is 71.9 Å². The van der Waals surface area contributed by atoms with Crippen LogP contribution in [-0.4, -0.2) is 35.6 Å². The van der Waals surface area contributed by atoms with Gasteiger partial charge in [0.25, 0.3) is 0 Å². The average Bonchev–Trinajstić information content (AvgIpc) is 3.03. The van der Waals surface area contributed by atoms with Gasteiger partial charge in [0.2, 0.25) is 0 Å². The summed E-state index contributed by atoms with van der Waals surface area (Å²) in [6.45, 7) is 17.1. The molecule has 4 heteroatoms. The van der Waals surface area contributed by atoms with Gasteiger partial charge in [-0.2, -0.15) is 0 Å². The summed E-state index contributed by atoms with van der Waals surface area (Å²) >= 11 is 1.87. The van der Waals surface area contributed by atoms with Crippen molar-refractivity contribution in [3.05, 3.63) is 15.6 Å². The standard InChI is InChI=1S/C17H31N3S/c1-12(20-9-7-8-10-20)11-18-13(2)15-14(3)19-16(21-15)17(4,5)6/h12-13,18H,7-11H2,1-6H3. The fourth-order valence-corrected chi connectivity index (χ4v) is 4.03. The molecule has 2 atom stereocenters.